The molecule has 1 aromatic heterocycles. The highest BCUT2D eigenvalue weighted by atomic mass is 35.5. The minimum Gasteiger partial charge on any atom is -0.317 e. The maximum atomic E-state index is 5.88. The van der Waals surface area contributed by atoms with Crippen LogP contribution in [0.3, 0.4) is 0 Å². The molecular weight excluding hydrogens is 202 g/mol. The van der Waals surface area contributed by atoms with Crippen molar-refractivity contribution in [1.82, 2.24) is 0 Å². The second-order valence-electron chi connectivity index (χ2n) is 3.15. The molecule has 0 spiro atoms. The lowest BCUT2D eigenvalue weighted by atomic mass is 10.1. The average molecular weight is 214 g/mol. The van der Waals surface area contributed by atoms with Crippen molar-refractivity contribution in [1.29, 1.82) is 0 Å². The number of hydrogen-bond acceptors (Lipinski definition) is 2. The predicted molar refractivity (Wildman–Crippen MR) is 59.0 cm³/mol. The fraction of sp³-hybridized carbons (Fsp3) is 0.400. The van der Waals surface area contributed by atoms with Crippen LogP contribution in [0.15, 0.2) is 11.4 Å². The number of hydrogen-bond donors (Lipinski definition) is 1. The van der Waals surface area contributed by atoms with Crippen LogP contribution in [0.25, 0.3) is 0 Å². The van der Waals surface area contributed by atoms with E-state index < -0.39 is 0 Å². The Morgan fingerprint density at radius 2 is 2.23 bits per heavy atom. The first-order valence-corrected chi connectivity index (χ1v) is 5.37. The zero-order chi connectivity index (χ0) is 9.84. The van der Waals surface area contributed by atoms with Crippen molar-refractivity contribution in [3.05, 3.63) is 21.3 Å². The summed E-state index contributed by atoms with van der Waals surface area (Å²) in [5.41, 5.74) is 6.65. The van der Waals surface area contributed by atoms with E-state index in [9.17, 15) is 0 Å². The summed E-state index contributed by atoms with van der Waals surface area (Å²) in [6, 6.07) is 1.84. The Morgan fingerprint density at radius 3 is 2.69 bits per heavy atom. The molecule has 1 atom stereocenters. The lowest BCUT2D eigenvalue weighted by molar-refractivity contribution is 0.584. The zero-order valence-electron chi connectivity index (χ0n) is 7.67. The molecule has 0 saturated heterocycles. The van der Waals surface area contributed by atoms with Crippen LogP contribution in [0.1, 0.15) is 19.4 Å². The molecule has 0 saturated carbocycles. The Kier molecular flexibility index (Phi) is 3.80. The molecule has 0 aliphatic rings. The first-order valence-electron chi connectivity index (χ1n) is 4.11. The molecular formula is C10H12ClNS. The summed E-state index contributed by atoms with van der Waals surface area (Å²) >= 11 is 7.36. The molecule has 1 heterocycles. The van der Waals surface area contributed by atoms with E-state index in [1.807, 2.05) is 11.4 Å². The van der Waals surface area contributed by atoms with Crippen LogP contribution in [-0.4, -0.2) is 6.04 Å². The van der Waals surface area contributed by atoms with Gasteiger partial charge < -0.3 is 5.73 Å². The Labute approximate surface area is 87.9 Å². The van der Waals surface area contributed by atoms with E-state index in [1.165, 1.54) is 11.3 Å². The van der Waals surface area contributed by atoms with Gasteiger partial charge in [-0.3, -0.25) is 0 Å². The largest absolute Gasteiger partial charge is 0.317 e. The van der Waals surface area contributed by atoms with Crippen LogP contribution in [0, 0.1) is 17.8 Å². The third-order valence-electron chi connectivity index (χ3n) is 1.71. The summed E-state index contributed by atoms with van der Waals surface area (Å²) in [7, 11) is 0. The van der Waals surface area contributed by atoms with E-state index in [2.05, 4.69) is 25.7 Å². The third-order valence-corrected chi connectivity index (χ3v) is 2.88. The van der Waals surface area contributed by atoms with Crippen molar-refractivity contribution in [3.63, 3.8) is 0 Å². The molecule has 2 N–H and O–H groups in total. The highest BCUT2D eigenvalue weighted by Crippen LogP contribution is 2.21. The minimum absolute atomic E-state index is 0.0732. The van der Waals surface area contributed by atoms with Gasteiger partial charge in [0, 0.05) is 0 Å². The van der Waals surface area contributed by atoms with Crippen LogP contribution >= 0.6 is 22.9 Å². The molecule has 1 nitrogen and oxygen atoms in total. The smallest absolute Gasteiger partial charge is 0.108 e. The van der Waals surface area contributed by atoms with Gasteiger partial charge in [0.1, 0.15) is 4.34 Å². The summed E-state index contributed by atoms with van der Waals surface area (Å²) in [4.78, 5) is 0. The van der Waals surface area contributed by atoms with E-state index in [1.54, 1.807) is 0 Å². The Bertz CT molecular complexity index is 332. The quantitative estimate of drug-likeness (QED) is 0.714. The van der Waals surface area contributed by atoms with Crippen LogP contribution in [0.2, 0.25) is 4.34 Å². The van der Waals surface area contributed by atoms with Gasteiger partial charge in [0.05, 0.1) is 11.6 Å². The second kappa shape index (κ2) is 4.66. The third kappa shape index (κ3) is 3.04. The number of nitrogens with two attached hydrogens (primary N) is 1. The van der Waals surface area contributed by atoms with Crippen molar-refractivity contribution in [2.45, 2.75) is 19.9 Å². The Morgan fingerprint density at radius 1 is 1.54 bits per heavy atom. The molecule has 1 unspecified atom stereocenters. The maximum absolute atomic E-state index is 5.88. The SMILES string of the molecule is CC(C)C(N)C#Cc1ccsc1Cl. The summed E-state index contributed by atoms with van der Waals surface area (Å²) in [6.45, 7) is 4.10. The van der Waals surface area contributed by atoms with Gasteiger partial charge >= 0.3 is 0 Å². The van der Waals surface area contributed by atoms with Gasteiger partial charge in [0.2, 0.25) is 0 Å². The Balaban J connectivity index is 2.73. The van der Waals surface area contributed by atoms with Gasteiger partial charge in [0.25, 0.3) is 0 Å². The first kappa shape index (κ1) is 10.6. The first-order chi connectivity index (χ1) is 6.11. The fourth-order valence-electron chi connectivity index (χ4n) is 0.709. The van der Waals surface area contributed by atoms with Crippen LogP contribution in [0.5, 0.6) is 0 Å². The predicted octanol–water partition coefficient (Wildman–Crippen LogP) is 2.74. The second-order valence-corrected chi connectivity index (χ2v) is 4.67. The molecule has 0 fully saturated rings. The van der Waals surface area contributed by atoms with Gasteiger partial charge in [0.15, 0.2) is 0 Å². The molecule has 3 heteroatoms. The van der Waals surface area contributed by atoms with E-state index in [4.69, 9.17) is 17.3 Å². The summed E-state index contributed by atoms with van der Waals surface area (Å²) in [6.07, 6.45) is 0. The van der Waals surface area contributed by atoms with Crippen molar-refractivity contribution < 1.29 is 0 Å². The standard InChI is InChI=1S/C10H12ClNS/c1-7(2)9(12)4-3-8-5-6-13-10(8)11/h5-7,9H,12H2,1-2H3. The van der Waals surface area contributed by atoms with Crippen LogP contribution < -0.4 is 5.73 Å². The van der Waals surface area contributed by atoms with Crippen molar-refractivity contribution in [2.75, 3.05) is 0 Å². The van der Waals surface area contributed by atoms with E-state index in [0.717, 1.165) is 9.90 Å². The molecule has 1 aromatic rings. The number of rotatable bonds is 1. The normalized spacial score (nSPS) is 12.4. The lowest BCUT2D eigenvalue weighted by Gasteiger charge is -2.06. The monoisotopic (exact) mass is 213 g/mol. The zero-order valence-corrected chi connectivity index (χ0v) is 9.25. The lowest BCUT2D eigenvalue weighted by Crippen LogP contribution is -2.23. The van der Waals surface area contributed by atoms with E-state index in [0.29, 0.717) is 5.92 Å². The summed E-state index contributed by atoms with van der Waals surface area (Å²) < 4.78 is 0.739. The van der Waals surface area contributed by atoms with Crippen LogP contribution in [0.4, 0.5) is 0 Å². The number of thiophene rings is 1. The highest BCUT2D eigenvalue weighted by Gasteiger charge is 2.02. The van der Waals surface area contributed by atoms with Gasteiger partial charge in [-0.05, 0) is 17.4 Å². The Hall–Kier alpha value is -0.490. The van der Waals surface area contributed by atoms with E-state index in [-0.39, 0.29) is 6.04 Å². The summed E-state index contributed by atoms with van der Waals surface area (Å²) in [5, 5.41) is 1.92. The van der Waals surface area contributed by atoms with Gasteiger partial charge in [-0.1, -0.05) is 37.3 Å². The number of halogens is 1. The minimum atomic E-state index is -0.0732. The molecule has 0 aromatic carbocycles. The fourth-order valence-corrected chi connectivity index (χ4v) is 1.54. The molecule has 0 aliphatic carbocycles. The highest BCUT2D eigenvalue weighted by molar-refractivity contribution is 7.14. The van der Waals surface area contributed by atoms with Crippen molar-refractivity contribution in [3.8, 4) is 11.8 Å². The average Bonchev–Trinajstić information content (AvgIpc) is 2.47. The van der Waals surface area contributed by atoms with Crippen molar-refractivity contribution >= 4 is 22.9 Å². The molecule has 0 amide bonds. The topological polar surface area (TPSA) is 26.0 Å². The van der Waals surface area contributed by atoms with E-state index >= 15 is 0 Å². The van der Waals surface area contributed by atoms with Crippen LogP contribution in [-0.2, 0) is 0 Å². The van der Waals surface area contributed by atoms with Crippen molar-refractivity contribution in [2.24, 2.45) is 11.7 Å². The maximum Gasteiger partial charge on any atom is 0.108 e. The molecule has 0 radical (unpaired) electrons. The van der Waals surface area contributed by atoms with Gasteiger partial charge in [-0.25, -0.2) is 0 Å². The molecule has 1 rings (SSSR count). The molecule has 0 aliphatic heterocycles. The molecule has 13 heavy (non-hydrogen) atoms. The summed E-state index contributed by atoms with van der Waals surface area (Å²) in [5.74, 6) is 6.33. The molecule has 70 valence electrons. The van der Waals surface area contributed by atoms with Gasteiger partial charge in [-0.2, -0.15) is 0 Å². The van der Waals surface area contributed by atoms with Gasteiger partial charge in [-0.15, -0.1) is 11.3 Å². The molecule has 0 bridgehead atoms.